The third kappa shape index (κ3) is 6.72. The number of hydrogen-bond acceptors (Lipinski definition) is 6. The number of pyridine rings is 1. The van der Waals surface area contributed by atoms with E-state index in [-0.39, 0.29) is 0 Å². The predicted octanol–water partition coefficient (Wildman–Crippen LogP) is 4.06. The van der Waals surface area contributed by atoms with Gasteiger partial charge in [0.05, 0.1) is 36.6 Å². The quantitative estimate of drug-likeness (QED) is 0.423. The molecule has 3 heterocycles. The molecular weight excluding hydrogens is 435 g/mol. The smallest absolute Gasteiger partial charge is 0.379 e. The van der Waals surface area contributed by atoms with Gasteiger partial charge in [0.1, 0.15) is 0 Å². The van der Waals surface area contributed by atoms with Crippen molar-refractivity contribution in [3.05, 3.63) is 53.5 Å². The number of fused-ring (bicyclic) bond motifs is 1. The fourth-order valence-corrected chi connectivity index (χ4v) is 3.85. The Hall–Kier alpha value is -2.56. The first kappa shape index (κ1) is 23.6. The minimum Gasteiger partial charge on any atom is -0.379 e. The summed E-state index contributed by atoms with van der Waals surface area (Å²) in [5.41, 5.74) is 1.45. The van der Waals surface area contributed by atoms with Crippen LogP contribution in [-0.2, 0) is 35.3 Å². The first-order chi connectivity index (χ1) is 16.0. The van der Waals surface area contributed by atoms with E-state index in [0.717, 1.165) is 82.0 Å². The highest BCUT2D eigenvalue weighted by Gasteiger charge is 2.30. The van der Waals surface area contributed by atoms with Crippen molar-refractivity contribution in [2.45, 2.75) is 45.1 Å². The molecule has 1 aromatic carbocycles. The van der Waals surface area contributed by atoms with Gasteiger partial charge in [-0.05, 0) is 43.0 Å². The van der Waals surface area contributed by atoms with Gasteiger partial charge in [0.15, 0.2) is 0 Å². The number of nitrogens with zero attached hydrogens (tertiary/aromatic N) is 5. The van der Waals surface area contributed by atoms with E-state index in [1.807, 2.05) is 10.9 Å². The Bertz CT molecular complexity index is 1030. The first-order valence-corrected chi connectivity index (χ1v) is 11.2. The van der Waals surface area contributed by atoms with Gasteiger partial charge in [0, 0.05) is 50.6 Å². The van der Waals surface area contributed by atoms with E-state index >= 15 is 0 Å². The molecule has 10 heteroatoms. The number of alkyl halides is 3. The average molecular weight is 464 g/mol. The lowest BCUT2D eigenvalue weighted by molar-refractivity contribution is -0.137. The summed E-state index contributed by atoms with van der Waals surface area (Å²) >= 11 is 0. The van der Waals surface area contributed by atoms with Crippen molar-refractivity contribution in [3.8, 4) is 0 Å². The van der Waals surface area contributed by atoms with Crippen LogP contribution in [0.2, 0.25) is 0 Å². The number of unbranched alkanes of at least 4 members (excludes halogenated alkanes) is 2. The summed E-state index contributed by atoms with van der Waals surface area (Å²) in [6.45, 7) is 5.94. The highest BCUT2D eigenvalue weighted by atomic mass is 19.4. The van der Waals surface area contributed by atoms with Gasteiger partial charge in [-0.15, -0.1) is 5.10 Å². The number of rotatable bonds is 10. The normalized spacial score (nSPS) is 15.4. The highest BCUT2D eigenvalue weighted by molar-refractivity contribution is 5.82. The fourth-order valence-electron chi connectivity index (χ4n) is 3.85. The molecule has 0 atom stereocenters. The van der Waals surface area contributed by atoms with Crippen molar-refractivity contribution in [2.75, 3.05) is 32.9 Å². The van der Waals surface area contributed by atoms with Crippen molar-refractivity contribution >= 4 is 10.9 Å². The van der Waals surface area contributed by atoms with Crippen LogP contribution in [0.25, 0.3) is 10.9 Å². The van der Waals surface area contributed by atoms with E-state index in [4.69, 9.17) is 9.47 Å². The van der Waals surface area contributed by atoms with Crippen LogP contribution in [-0.4, -0.2) is 57.8 Å². The summed E-state index contributed by atoms with van der Waals surface area (Å²) in [5.74, 6) is 0. The number of halogens is 3. The lowest BCUT2D eigenvalue weighted by Crippen LogP contribution is -2.35. The van der Waals surface area contributed by atoms with Crippen LogP contribution < -0.4 is 0 Å². The van der Waals surface area contributed by atoms with Crippen LogP contribution in [0.1, 0.15) is 36.1 Å². The molecule has 33 heavy (non-hydrogen) atoms. The molecule has 1 aliphatic heterocycles. The van der Waals surface area contributed by atoms with Crippen LogP contribution in [0.15, 0.2) is 36.7 Å². The van der Waals surface area contributed by atoms with Crippen LogP contribution in [0.4, 0.5) is 13.2 Å². The molecule has 7 nitrogen and oxygen atoms in total. The third-order valence-electron chi connectivity index (χ3n) is 5.67. The Labute approximate surface area is 190 Å². The summed E-state index contributed by atoms with van der Waals surface area (Å²) in [6.07, 6.45) is 2.01. The molecule has 0 unspecified atom stereocenters. The largest absolute Gasteiger partial charge is 0.416 e. The van der Waals surface area contributed by atoms with E-state index in [9.17, 15) is 13.2 Å². The van der Waals surface area contributed by atoms with Crippen LogP contribution in [0.5, 0.6) is 0 Å². The minimum absolute atomic E-state index is 0.326. The summed E-state index contributed by atoms with van der Waals surface area (Å²) < 4.78 is 51.7. The van der Waals surface area contributed by atoms with Crippen molar-refractivity contribution in [3.63, 3.8) is 0 Å². The molecule has 4 rings (SSSR count). The Kier molecular flexibility index (Phi) is 7.89. The molecule has 1 saturated heterocycles. The van der Waals surface area contributed by atoms with Gasteiger partial charge in [0.2, 0.25) is 0 Å². The lowest BCUT2D eigenvalue weighted by Gasteiger charge is -2.25. The van der Waals surface area contributed by atoms with Gasteiger partial charge in [-0.3, -0.25) is 14.6 Å². The van der Waals surface area contributed by atoms with Crippen molar-refractivity contribution < 1.29 is 22.6 Å². The van der Waals surface area contributed by atoms with Gasteiger partial charge in [0.25, 0.3) is 0 Å². The Morgan fingerprint density at radius 2 is 1.91 bits per heavy atom. The Balaban J connectivity index is 1.15. The minimum atomic E-state index is -4.38. The second-order valence-electron chi connectivity index (χ2n) is 8.17. The SMILES string of the molecule is FC(F)(F)c1ccc2c(COCCCCCn3cc(CN4CCOCC4)nn3)ccnc2c1. The first-order valence-electron chi connectivity index (χ1n) is 11.2. The number of aryl methyl sites for hydroxylation is 1. The maximum Gasteiger partial charge on any atom is 0.416 e. The summed E-state index contributed by atoms with van der Waals surface area (Å²) in [7, 11) is 0. The predicted molar refractivity (Wildman–Crippen MR) is 116 cm³/mol. The summed E-state index contributed by atoms with van der Waals surface area (Å²) in [4.78, 5) is 6.39. The average Bonchev–Trinajstić information content (AvgIpc) is 3.25. The van der Waals surface area contributed by atoms with Gasteiger partial charge >= 0.3 is 6.18 Å². The molecule has 0 aliphatic carbocycles. The standard InChI is InChI=1S/C23H28F3N5O2/c24-23(25,26)19-4-5-21-18(6-7-27-22(21)14-19)17-33-11-3-1-2-8-31-16-20(28-29-31)15-30-9-12-32-13-10-30/h4-7,14,16H,1-3,8-13,15,17H2. The van der Waals surface area contributed by atoms with E-state index in [0.29, 0.717) is 24.1 Å². The van der Waals surface area contributed by atoms with E-state index in [1.165, 1.54) is 12.3 Å². The number of aromatic nitrogens is 4. The van der Waals surface area contributed by atoms with Gasteiger partial charge < -0.3 is 9.47 Å². The van der Waals surface area contributed by atoms with E-state index in [1.54, 1.807) is 6.07 Å². The van der Waals surface area contributed by atoms with Gasteiger partial charge in [-0.1, -0.05) is 11.3 Å². The third-order valence-corrected chi connectivity index (χ3v) is 5.67. The molecule has 3 aromatic rings. The van der Waals surface area contributed by atoms with E-state index in [2.05, 4.69) is 20.2 Å². The number of ether oxygens (including phenoxy) is 2. The number of morpholine rings is 1. The molecule has 0 spiro atoms. The monoisotopic (exact) mass is 463 g/mol. The molecule has 1 fully saturated rings. The van der Waals surface area contributed by atoms with Crippen LogP contribution >= 0.6 is 0 Å². The highest BCUT2D eigenvalue weighted by Crippen LogP contribution is 2.31. The zero-order chi connectivity index (χ0) is 23.1. The Morgan fingerprint density at radius 3 is 2.73 bits per heavy atom. The molecule has 178 valence electrons. The molecule has 2 aromatic heterocycles. The molecule has 0 N–H and O–H groups in total. The van der Waals surface area contributed by atoms with Gasteiger partial charge in [-0.2, -0.15) is 13.2 Å². The molecule has 0 bridgehead atoms. The maximum atomic E-state index is 12.9. The molecular formula is C23H28F3N5O2. The second kappa shape index (κ2) is 11.0. The van der Waals surface area contributed by atoms with Crippen molar-refractivity contribution in [1.29, 1.82) is 0 Å². The van der Waals surface area contributed by atoms with Gasteiger partial charge in [-0.25, -0.2) is 0 Å². The van der Waals surface area contributed by atoms with Crippen LogP contribution in [0, 0.1) is 0 Å². The molecule has 1 aliphatic rings. The molecule has 0 radical (unpaired) electrons. The maximum absolute atomic E-state index is 12.9. The van der Waals surface area contributed by atoms with E-state index < -0.39 is 11.7 Å². The zero-order valence-corrected chi connectivity index (χ0v) is 18.4. The zero-order valence-electron chi connectivity index (χ0n) is 18.4. The fraction of sp³-hybridized carbons (Fsp3) is 0.522. The number of benzene rings is 1. The van der Waals surface area contributed by atoms with Crippen molar-refractivity contribution in [2.24, 2.45) is 0 Å². The Morgan fingerprint density at radius 1 is 1.06 bits per heavy atom. The summed E-state index contributed by atoms with van der Waals surface area (Å²) in [5, 5.41) is 9.15. The lowest BCUT2D eigenvalue weighted by atomic mass is 10.1. The number of hydrogen-bond donors (Lipinski definition) is 0. The molecule has 0 saturated carbocycles. The second-order valence-corrected chi connectivity index (χ2v) is 8.17. The molecule has 0 amide bonds. The van der Waals surface area contributed by atoms with Crippen LogP contribution in [0.3, 0.4) is 0 Å². The summed E-state index contributed by atoms with van der Waals surface area (Å²) in [6, 6.07) is 5.42. The topological polar surface area (TPSA) is 65.3 Å². The van der Waals surface area contributed by atoms with Crippen molar-refractivity contribution in [1.82, 2.24) is 24.9 Å².